The predicted octanol–water partition coefficient (Wildman–Crippen LogP) is 4.33. The molecule has 1 heterocycles. The van der Waals surface area contributed by atoms with E-state index in [2.05, 4.69) is 39.8 Å². The monoisotopic (exact) mass is 282 g/mol. The molecule has 0 N–H and O–H groups in total. The van der Waals surface area contributed by atoms with Crippen LogP contribution < -0.4 is 0 Å². The van der Waals surface area contributed by atoms with E-state index in [1.165, 1.54) is 12.8 Å². The summed E-state index contributed by atoms with van der Waals surface area (Å²) in [5, 5.41) is 9.81. The van der Waals surface area contributed by atoms with Crippen molar-refractivity contribution in [2.24, 2.45) is 63.0 Å². The highest BCUT2D eigenvalue weighted by molar-refractivity contribution is 5.35. The number of hydrogen-bond donors (Lipinski definition) is 0. The second-order valence-electron chi connectivity index (χ2n) is 9.84. The molecule has 6 rings (SSSR count). The van der Waals surface area contributed by atoms with Crippen molar-refractivity contribution >= 4 is 0 Å². The zero-order valence-corrected chi connectivity index (χ0v) is 13.6. The van der Waals surface area contributed by atoms with E-state index in [1.54, 1.807) is 0 Å². The molecule has 112 valence electrons. The molecule has 0 aromatic carbocycles. The fraction of sp³-hybridized carbons (Fsp3) is 0.895. The Kier molecular flexibility index (Phi) is 1.64. The van der Waals surface area contributed by atoms with Gasteiger partial charge in [0.25, 0.3) is 0 Å². The summed E-state index contributed by atoms with van der Waals surface area (Å²) in [5.41, 5.74) is 0.433. The van der Waals surface area contributed by atoms with Crippen molar-refractivity contribution in [3.8, 4) is 0 Å². The van der Waals surface area contributed by atoms with Gasteiger partial charge in [-0.25, -0.2) is 0 Å². The second-order valence-corrected chi connectivity index (χ2v) is 9.84. The van der Waals surface area contributed by atoms with E-state index in [-0.39, 0.29) is 16.5 Å². The third-order valence-corrected chi connectivity index (χ3v) is 9.72. The molecule has 6 aliphatic rings. The smallest absolute Gasteiger partial charge is 0.0896 e. The fourth-order valence-corrected chi connectivity index (χ4v) is 8.51. The van der Waals surface area contributed by atoms with Gasteiger partial charge in [0.15, 0.2) is 0 Å². The molecule has 0 unspecified atom stereocenters. The first-order chi connectivity index (χ1) is 9.90. The van der Waals surface area contributed by atoms with E-state index in [9.17, 15) is 0 Å². The van der Waals surface area contributed by atoms with E-state index in [1.807, 2.05) is 0 Å². The van der Waals surface area contributed by atoms with Crippen LogP contribution in [0.2, 0.25) is 0 Å². The Balaban J connectivity index is 1.55. The lowest BCUT2D eigenvalue weighted by atomic mass is 9.61. The van der Waals surface area contributed by atoms with Gasteiger partial charge in [0.05, 0.1) is 11.1 Å². The minimum absolute atomic E-state index is 0.0996. The average Bonchev–Trinajstić information content (AvgIpc) is 3.20. The van der Waals surface area contributed by atoms with Gasteiger partial charge in [-0.3, -0.25) is 0 Å². The highest BCUT2D eigenvalue weighted by Crippen LogP contribution is 2.80. The minimum Gasteiger partial charge on any atom is -0.186 e. The first kappa shape index (κ1) is 11.8. The van der Waals surface area contributed by atoms with E-state index < -0.39 is 0 Å². The number of hydrogen-bond acceptors (Lipinski definition) is 2. The first-order valence-corrected chi connectivity index (χ1v) is 9.02. The average molecular weight is 282 g/mol. The summed E-state index contributed by atoms with van der Waals surface area (Å²) >= 11 is 0. The molecule has 4 fully saturated rings. The van der Waals surface area contributed by atoms with Crippen LogP contribution in [0.15, 0.2) is 22.4 Å². The molecule has 6 bridgehead atoms. The van der Waals surface area contributed by atoms with Crippen LogP contribution in [-0.2, 0) is 0 Å². The van der Waals surface area contributed by atoms with Gasteiger partial charge in [-0.05, 0) is 74.0 Å². The third-order valence-electron chi connectivity index (χ3n) is 9.72. The van der Waals surface area contributed by atoms with Gasteiger partial charge in [-0.2, -0.15) is 10.2 Å². The summed E-state index contributed by atoms with van der Waals surface area (Å²) in [6.07, 6.45) is 8.08. The Hall–Kier alpha value is -0.660. The van der Waals surface area contributed by atoms with Crippen LogP contribution in [0, 0.1) is 52.8 Å². The Morgan fingerprint density at radius 1 is 0.762 bits per heavy atom. The highest BCUT2D eigenvalue weighted by atomic mass is 15.3. The van der Waals surface area contributed by atoms with Crippen LogP contribution in [-0.4, -0.2) is 11.1 Å². The summed E-state index contributed by atoms with van der Waals surface area (Å²) in [5.74, 6) is 7.32. The maximum absolute atomic E-state index is 4.91. The molecule has 0 amide bonds. The molecule has 10 atom stereocenters. The maximum atomic E-state index is 4.91. The van der Waals surface area contributed by atoms with Crippen molar-refractivity contribution in [1.29, 1.82) is 0 Å². The Labute approximate surface area is 127 Å². The van der Waals surface area contributed by atoms with Crippen molar-refractivity contribution in [2.75, 3.05) is 0 Å². The summed E-state index contributed by atoms with van der Waals surface area (Å²) in [7, 11) is 0. The summed E-state index contributed by atoms with van der Waals surface area (Å²) in [4.78, 5) is 0. The summed E-state index contributed by atoms with van der Waals surface area (Å²) in [6, 6.07) is 0. The molecule has 5 aliphatic carbocycles. The molecule has 4 saturated carbocycles. The van der Waals surface area contributed by atoms with E-state index >= 15 is 0 Å². The van der Waals surface area contributed by atoms with Crippen molar-refractivity contribution in [1.82, 2.24) is 0 Å². The van der Waals surface area contributed by atoms with Crippen LogP contribution in [0.1, 0.15) is 40.5 Å². The van der Waals surface area contributed by atoms with Gasteiger partial charge in [0.2, 0.25) is 0 Å². The van der Waals surface area contributed by atoms with Crippen molar-refractivity contribution in [3.63, 3.8) is 0 Å². The Morgan fingerprint density at radius 2 is 1.24 bits per heavy atom. The molecule has 0 saturated heterocycles. The van der Waals surface area contributed by atoms with Crippen molar-refractivity contribution in [3.05, 3.63) is 12.2 Å². The molecule has 21 heavy (non-hydrogen) atoms. The standard InChI is InChI=1S/C19H26N2/c1-17(2)18(3)15-11-8-12(16(15)19(17,4)21-20-18)14-10-6-5-9(7-10)13(11)14/h5-6,9-16H,7-8H2,1-4H3/t9-,10+,11-,12+,13+,14-,15-,16+,18-,19+. The normalized spacial score (nSPS) is 69.9. The SMILES string of the molecule is CC1(C)[C@@]2(C)N=N[C@]1(C)[C@@H]1[C@@H]3C[C@@H]([C@@H]4[C@H]3[C@@H]3C=C[C@H]4C3)[C@@H]12. The summed E-state index contributed by atoms with van der Waals surface area (Å²) < 4.78 is 0. The van der Waals surface area contributed by atoms with Gasteiger partial charge < -0.3 is 0 Å². The van der Waals surface area contributed by atoms with Gasteiger partial charge >= 0.3 is 0 Å². The van der Waals surface area contributed by atoms with Crippen LogP contribution in [0.3, 0.4) is 0 Å². The molecular formula is C19H26N2. The van der Waals surface area contributed by atoms with E-state index in [4.69, 9.17) is 10.2 Å². The molecule has 0 spiro atoms. The number of rotatable bonds is 0. The lowest BCUT2D eigenvalue weighted by Gasteiger charge is -2.45. The van der Waals surface area contributed by atoms with Crippen LogP contribution >= 0.6 is 0 Å². The predicted molar refractivity (Wildman–Crippen MR) is 81.7 cm³/mol. The fourth-order valence-electron chi connectivity index (χ4n) is 8.51. The number of nitrogens with zero attached hydrogens (tertiary/aromatic N) is 2. The molecule has 2 nitrogen and oxygen atoms in total. The van der Waals surface area contributed by atoms with Crippen molar-refractivity contribution < 1.29 is 0 Å². The number of allylic oxidation sites excluding steroid dienone is 2. The summed E-state index contributed by atoms with van der Waals surface area (Å²) in [6.45, 7) is 9.77. The van der Waals surface area contributed by atoms with Crippen molar-refractivity contribution in [2.45, 2.75) is 51.6 Å². The van der Waals surface area contributed by atoms with Gasteiger partial charge in [0, 0.05) is 5.41 Å². The topological polar surface area (TPSA) is 24.7 Å². The Bertz CT molecular complexity index is 571. The quantitative estimate of drug-likeness (QED) is 0.467. The van der Waals surface area contributed by atoms with Crippen LogP contribution in [0.25, 0.3) is 0 Å². The lowest BCUT2D eigenvalue weighted by molar-refractivity contribution is 0.0484. The Morgan fingerprint density at radius 3 is 1.71 bits per heavy atom. The second kappa shape index (κ2) is 2.90. The highest BCUT2D eigenvalue weighted by Gasteiger charge is 2.81. The van der Waals surface area contributed by atoms with Gasteiger partial charge in [-0.15, -0.1) is 0 Å². The van der Waals surface area contributed by atoms with E-state index in [0.717, 1.165) is 47.3 Å². The molecule has 1 aliphatic heterocycles. The van der Waals surface area contributed by atoms with Crippen LogP contribution in [0.5, 0.6) is 0 Å². The number of fused-ring (bicyclic) bond motifs is 16. The largest absolute Gasteiger partial charge is 0.186 e. The minimum atomic E-state index is 0.0996. The molecule has 0 aromatic heterocycles. The maximum Gasteiger partial charge on any atom is 0.0896 e. The third kappa shape index (κ3) is 0.879. The van der Waals surface area contributed by atoms with E-state index in [0.29, 0.717) is 0 Å². The molecule has 2 heteroatoms. The molecule has 0 radical (unpaired) electrons. The van der Waals surface area contributed by atoms with Gasteiger partial charge in [0.1, 0.15) is 0 Å². The zero-order valence-electron chi connectivity index (χ0n) is 13.6. The zero-order chi connectivity index (χ0) is 14.4. The number of azo groups is 1. The molecular weight excluding hydrogens is 256 g/mol. The lowest BCUT2D eigenvalue weighted by Crippen LogP contribution is -2.46. The van der Waals surface area contributed by atoms with Crippen LogP contribution in [0.4, 0.5) is 0 Å². The first-order valence-electron chi connectivity index (χ1n) is 9.02. The van der Waals surface area contributed by atoms with Gasteiger partial charge in [-0.1, -0.05) is 26.0 Å². The molecule has 0 aromatic rings.